The Hall–Kier alpha value is -1.87. The average Bonchev–Trinajstić information content (AvgIpc) is 2.35. The Bertz CT molecular complexity index is 661. The fourth-order valence-corrected chi connectivity index (χ4v) is 2.77. The molecule has 0 aromatic heterocycles. The molecule has 0 fully saturated rings. The second-order valence-corrected chi connectivity index (χ2v) is 6.25. The normalized spacial score (nSPS) is 11.0. The second kappa shape index (κ2) is 6.72. The fourth-order valence-electron chi connectivity index (χ4n) is 1.58. The first-order chi connectivity index (χ1) is 9.68. The van der Waals surface area contributed by atoms with E-state index in [9.17, 15) is 23.3 Å². The number of sulfonamides is 1. The molecule has 0 aliphatic carbocycles. The van der Waals surface area contributed by atoms with Crippen LogP contribution in [0, 0.1) is 10.1 Å². The molecule has 0 atom stereocenters. The van der Waals surface area contributed by atoms with Crippen molar-refractivity contribution in [2.24, 2.45) is 0 Å². The van der Waals surface area contributed by atoms with Crippen LogP contribution in [0.25, 0.3) is 0 Å². The summed E-state index contributed by atoms with van der Waals surface area (Å²) >= 11 is 5.87. The molecule has 8 nitrogen and oxygen atoms in total. The van der Waals surface area contributed by atoms with E-state index in [1.807, 2.05) is 0 Å². The van der Waals surface area contributed by atoms with Crippen molar-refractivity contribution < 1.29 is 22.9 Å². The molecule has 10 heteroatoms. The van der Waals surface area contributed by atoms with Crippen molar-refractivity contribution in [1.82, 2.24) is 0 Å². The fraction of sp³-hybridized carbons (Fsp3) is 0.364. The van der Waals surface area contributed by atoms with E-state index in [1.54, 1.807) is 6.92 Å². The maximum absolute atomic E-state index is 11.8. The lowest BCUT2D eigenvalue weighted by molar-refractivity contribution is -0.384. The van der Waals surface area contributed by atoms with Gasteiger partial charge in [0.25, 0.3) is 5.69 Å². The SMILES string of the molecule is CCOC(=O)CN(c1c(Cl)cccc1[N+](=O)[O-])S(C)(=O)=O. The van der Waals surface area contributed by atoms with Crippen molar-refractivity contribution in [3.63, 3.8) is 0 Å². The molecule has 1 aromatic carbocycles. The number of carbonyl (C=O) groups is 1. The third-order valence-corrected chi connectivity index (χ3v) is 3.81. The number of rotatable bonds is 6. The van der Waals surface area contributed by atoms with E-state index in [0.717, 1.165) is 12.3 Å². The largest absolute Gasteiger partial charge is 0.465 e. The van der Waals surface area contributed by atoms with E-state index in [-0.39, 0.29) is 17.3 Å². The minimum atomic E-state index is -3.97. The van der Waals surface area contributed by atoms with Crippen molar-refractivity contribution >= 4 is 39.0 Å². The summed E-state index contributed by atoms with van der Waals surface area (Å²) in [6.07, 6.45) is 0.819. The molecular weight excluding hydrogens is 324 g/mol. The van der Waals surface area contributed by atoms with Crippen LogP contribution in [0.4, 0.5) is 11.4 Å². The Morgan fingerprint density at radius 3 is 2.57 bits per heavy atom. The molecule has 1 rings (SSSR count). The number of halogens is 1. The maximum Gasteiger partial charge on any atom is 0.326 e. The monoisotopic (exact) mass is 336 g/mol. The molecule has 0 bridgehead atoms. The molecule has 1 aromatic rings. The molecule has 0 saturated carbocycles. The number of nitro groups is 1. The number of hydrogen-bond donors (Lipinski definition) is 0. The summed E-state index contributed by atoms with van der Waals surface area (Å²) in [5.74, 6) is -0.836. The Balaban J connectivity index is 3.41. The molecule has 0 aliphatic heterocycles. The lowest BCUT2D eigenvalue weighted by atomic mass is 10.2. The third-order valence-electron chi connectivity index (χ3n) is 2.39. The van der Waals surface area contributed by atoms with Crippen LogP contribution in [0.1, 0.15) is 6.92 Å². The van der Waals surface area contributed by atoms with Gasteiger partial charge in [-0.1, -0.05) is 17.7 Å². The molecule has 0 saturated heterocycles. The van der Waals surface area contributed by atoms with Gasteiger partial charge in [0.15, 0.2) is 0 Å². The number of para-hydroxylation sites is 1. The topological polar surface area (TPSA) is 107 Å². The van der Waals surface area contributed by atoms with E-state index in [2.05, 4.69) is 4.74 Å². The standard InChI is InChI=1S/C11H13ClN2O6S/c1-3-20-10(15)7-13(21(2,18)19)11-8(12)5-4-6-9(11)14(16)17/h4-6H,3,7H2,1-2H3. The summed E-state index contributed by atoms with van der Waals surface area (Å²) in [4.78, 5) is 21.8. The smallest absolute Gasteiger partial charge is 0.326 e. The van der Waals surface area contributed by atoms with Crippen LogP contribution in [-0.4, -0.2) is 38.7 Å². The number of nitro benzene ring substituents is 1. The highest BCUT2D eigenvalue weighted by atomic mass is 35.5. The Morgan fingerprint density at radius 2 is 2.10 bits per heavy atom. The number of carbonyl (C=O) groups excluding carboxylic acids is 1. The van der Waals surface area contributed by atoms with E-state index < -0.39 is 33.1 Å². The highest BCUT2D eigenvalue weighted by Gasteiger charge is 2.30. The van der Waals surface area contributed by atoms with Crippen molar-refractivity contribution in [2.75, 3.05) is 23.7 Å². The minimum Gasteiger partial charge on any atom is -0.465 e. The van der Waals surface area contributed by atoms with E-state index >= 15 is 0 Å². The first-order valence-electron chi connectivity index (χ1n) is 5.74. The quantitative estimate of drug-likeness (QED) is 0.443. The molecule has 116 valence electrons. The predicted molar refractivity (Wildman–Crippen MR) is 76.9 cm³/mol. The first kappa shape index (κ1) is 17.2. The average molecular weight is 337 g/mol. The first-order valence-corrected chi connectivity index (χ1v) is 7.97. The summed E-state index contributed by atoms with van der Waals surface area (Å²) in [5, 5.41) is 10.9. The molecule has 21 heavy (non-hydrogen) atoms. The highest BCUT2D eigenvalue weighted by molar-refractivity contribution is 7.92. The summed E-state index contributed by atoms with van der Waals surface area (Å²) in [5.41, 5.74) is -0.878. The van der Waals surface area contributed by atoms with E-state index in [1.165, 1.54) is 12.1 Å². The third kappa shape index (κ3) is 4.30. The van der Waals surface area contributed by atoms with Crippen LogP contribution in [0.2, 0.25) is 5.02 Å². The zero-order chi connectivity index (χ0) is 16.2. The highest BCUT2D eigenvalue weighted by Crippen LogP contribution is 2.36. The summed E-state index contributed by atoms with van der Waals surface area (Å²) in [6.45, 7) is 0.916. The second-order valence-electron chi connectivity index (χ2n) is 3.94. The van der Waals surface area contributed by atoms with Gasteiger partial charge in [0, 0.05) is 6.07 Å². The molecule has 0 heterocycles. The Morgan fingerprint density at radius 1 is 1.48 bits per heavy atom. The summed E-state index contributed by atoms with van der Waals surface area (Å²) in [7, 11) is -3.97. The number of hydrogen-bond acceptors (Lipinski definition) is 6. The van der Waals surface area contributed by atoms with Crippen molar-refractivity contribution in [1.29, 1.82) is 0 Å². The number of ether oxygens (including phenoxy) is 1. The van der Waals surface area contributed by atoms with Gasteiger partial charge >= 0.3 is 5.97 Å². The summed E-state index contributed by atoms with van der Waals surface area (Å²) in [6, 6.07) is 3.71. The Labute approximate surface area is 126 Å². The number of nitrogens with zero attached hydrogens (tertiary/aromatic N) is 2. The Kier molecular flexibility index (Phi) is 5.50. The van der Waals surface area contributed by atoms with Gasteiger partial charge in [-0.25, -0.2) is 8.42 Å². The van der Waals surface area contributed by atoms with Gasteiger partial charge in [0.2, 0.25) is 10.0 Å². The van der Waals surface area contributed by atoms with Gasteiger partial charge in [-0.05, 0) is 13.0 Å². The predicted octanol–water partition coefficient (Wildman–Crippen LogP) is 1.58. The summed E-state index contributed by atoms with van der Waals surface area (Å²) < 4.78 is 28.9. The van der Waals surface area contributed by atoms with Gasteiger partial charge in [-0.2, -0.15) is 0 Å². The molecular formula is C11H13ClN2O6S. The maximum atomic E-state index is 11.8. The van der Waals surface area contributed by atoms with Crippen LogP contribution in [0.5, 0.6) is 0 Å². The van der Waals surface area contributed by atoms with Gasteiger partial charge in [0.1, 0.15) is 12.2 Å². The van der Waals surface area contributed by atoms with Gasteiger partial charge < -0.3 is 4.74 Å². The van der Waals surface area contributed by atoms with Crippen molar-refractivity contribution in [2.45, 2.75) is 6.92 Å². The van der Waals surface area contributed by atoms with Crippen LogP contribution < -0.4 is 4.31 Å². The molecule has 0 radical (unpaired) electrons. The van der Waals surface area contributed by atoms with Crippen LogP contribution in [-0.2, 0) is 19.6 Å². The minimum absolute atomic E-state index is 0.0566. The zero-order valence-electron chi connectivity index (χ0n) is 11.3. The zero-order valence-corrected chi connectivity index (χ0v) is 12.8. The van der Waals surface area contributed by atoms with Crippen LogP contribution in [0.3, 0.4) is 0 Å². The molecule has 0 N–H and O–H groups in total. The van der Waals surface area contributed by atoms with Crippen molar-refractivity contribution in [3.05, 3.63) is 33.3 Å². The van der Waals surface area contributed by atoms with Gasteiger partial charge in [-0.15, -0.1) is 0 Å². The van der Waals surface area contributed by atoms with Gasteiger partial charge in [0.05, 0.1) is 22.8 Å². The number of esters is 1. The molecule has 0 aliphatic rings. The molecule has 0 unspecified atom stereocenters. The van der Waals surface area contributed by atoms with Crippen molar-refractivity contribution in [3.8, 4) is 0 Å². The number of benzene rings is 1. The molecule has 0 spiro atoms. The lowest BCUT2D eigenvalue weighted by Gasteiger charge is -2.21. The van der Waals surface area contributed by atoms with Crippen LogP contribution in [0.15, 0.2) is 18.2 Å². The number of anilines is 1. The van der Waals surface area contributed by atoms with E-state index in [4.69, 9.17) is 11.6 Å². The van der Waals surface area contributed by atoms with Gasteiger partial charge in [-0.3, -0.25) is 19.2 Å². The van der Waals surface area contributed by atoms with E-state index in [0.29, 0.717) is 4.31 Å². The lowest BCUT2D eigenvalue weighted by Crippen LogP contribution is -2.36. The van der Waals surface area contributed by atoms with Crippen LogP contribution >= 0.6 is 11.6 Å². The molecule has 0 amide bonds.